The zero-order chi connectivity index (χ0) is 18.0. The molecule has 0 spiro atoms. The van der Waals surface area contributed by atoms with Gasteiger partial charge in [-0.2, -0.15) is 0 Å². The molecular formula is C18H19N3O4. The highest BCUT2D eigenvalue weighted by molar-refractivity contribution is 6.26. The van der Waals surface area contributed by atoms with Crippen molar-refractivity contribution in [2.45, 2.75) is 26.3 Å². The standard InChI is InChI=1S/C18H19N3O4/c1-10(2)7-13-16(22)15(18(24)21-13)17(23)20-12-5-3-11(4-6-12)14-8-19-9-25-14/h3-6,8-10,13,15H,7H2,1-2H3,(H,20,23)(H,21,24). The van der Waals surface area contributed by atoms with Crippen LogP contribution in [0.4, 0.5) is 5.69 Å². The van der Waals surface area contributed by atoms with Crippen LogP contribution in [0.25, 0.3) is 11.3 Å². The number of ketones is 1. The van der Waals surface area contributed by atoms with E-state index in [4.69, 9.17) is 4.42 Å². The van der Waals surface area contributed by atoms with Crippen molar-refractivity contribution in [3.05, 3.63) is 36.9 Å². The number of oxazole rings is 1. The molecule has 0 aliphatic carbocycles. The van der Waals surface area contributed by atoms with Crippen molar-refractivity contribution in [1.29, 1.82) is 0 Å². The normalized spacial score (nSPS) is 20.0. The van der Waals surface area contributed by atoms with Crippen LogP contribution in [-0.4, -0.2) is 28.6 Å². The number of hydrogen-bond donors (Lipinski definition) is 2. The molecule has 1 aromatic heterocycles. The molecule has 1 aliphatic heterocycles. The Kier molecular flexibility index (Phi) is 4.65. The third kappa shape index (κ3) is 3.60. The molecule has 2 atom stereocenters. The lowest BCUT2D eigenvalue weighted by atomic mass is 9.96. The number of amides is 2. The monoisotopic (exact) mass is 341 g/mol. The maximum absolute atomic E-state index is 12.4. The number of rotatable bonds is 5. The van der Waals surface area contributed by atoms with Crippen LogP contribution in [0.1, 0.15) is 20.3 Å². The van der Waals surface area contributed by atoms with E-state index in [2.05, 4.69) is 15.6 Å². The first-order valence-electron chi connectivity index (χ1n) is 8.09. The van der Waals surface area contributed by atoms with E-state index in [0.717, 1.165) is 5.56 Å². The molecule has 2 aromatic rings. The highest BCUT2D eigenvalue weighted by Gasteiger charge is 2.45. The lowest BCUT2D eigenvalue weighted by Gasteiger charge is -2.11. The smallest absolute Gasteiger partial charge is 0.244 e. The van der Waals surface area contributed by atoms with E-state index >= 15 is 0 Å². The number of hydrogen-bond acceptors (Lipinski definition) is 5. The van der Waals surface area contributed by atoms with Crippen LogP contribution in [0.15, 0.2) is 41.3 Å². The Balaban J connectivity index is 1.67. The summed E-state index contributed by atoms with van der Waals surface area (Å²) in [7, 11) is 0. The summed E-state index contributed by atoms with van der Waals surface area (Å²) in [5.74, 6) is -1.95. The predicted molar refractivity (Wildman–Crippen MR) is 90.5 cm³/mol. The molecule has 130 valence electrons. The summed E-state index contributed by atoms with van der Waals surface area (Å²) in [4.78, 5) is 40.5. The molecule has 2 amide bonds. The third-order valence-electron chi connectivity index (χ3n) is 4.05. The second kappa shape index (κ2) is 6.88. The highest BCUT2D eigenvalue weighted by Crippen LogP contribution is 2.22. The van der Waals surface area contributed by atoms with E-state index in [1.165, 1.54) is 6.39 Å². The molecule has 0 saturated carbocycles. The number of carbonyl (C=O) groups excluding carboxylic acids is 3. The van der Waals surface area contributed by atoms with Gasteiger partial charge in [0.05, 0.1) is 12.2 Å². The van der Waals surface area contributed by atoms with E-state index in [0.29, 0.717) is 17.9 Å². The van der Waals surface area contributed by atoms with Crippen LogP contribution in [0.5, 0.6) is 0 Å². The molecular weight excluding hydrogens is 322 g/mol. The minimum atomic E-state index is -1.29. The van der Waals surface area contributed by atoms with E-state index in [9.17, 15) is 14.4 Å². The SMILES string of the molecule is CC(C)CC1NC(=O)C(C(=O)Nc2ccc(-c3cnco3)cc2)C1=O. The van der Waals surface area contributed by atoms with Gasteiger partial charge in [-0.15, -0.1) is 0 Å². The number of anilines is 1. The van der Waals surface area contributed by atoms with E-state index in [1.807, 2.05) is 13.8 Å². The minimum absolute atomic E-state index is 0.250. The second-order valence-electron chi connectivity index (χ2n) is 6.46. The molecule has 7 nitrogen and oxygen atoms in total. The quantitative estimate of drug-likeness (QED) is 0.810. The summed E-state index contributed by atoms with van der Waals surface area (Å²) in [6, 6.07) is 6.29. The van der Waals surface area contributed by atoms with Crippen molar-refractivity contribution in [2.24, 2.45) is 11.8 Å². The first-order chi connectivity index (χ1) is 12.0. The molecule has 2 unspecified atom stereocenters. The van der Waals surface area contributed by atoms with E-state index in [1.54, 1.807) is 30.5 Å². The Labute approximate surface area is 144 Å². The molecule has 2 N–H and O–H groups in total. The molecule has 2 heterocycles. The van der Waals surface area contributed by atoms with Gasteiger partial charge in [0, 0.05) is 11.3 Å². The number of Topliss-reactive ketones (excluding diaryl/α,β-unsaturated/α-hetero) is 1. The highest BCUT2D eigenvalue weighted by atomic mass is 16.3. The first kappa shape index (κ1) is 16.9. The lowest BCUT2D eigenvalue weighted by molar-refractivity contribution is -0.135. The molecule has 1 aliphatic rings. The zero-order valence-electron chi connectivity index (χ0n) is 14.0. The van der Waals surface area contributed by atoms with Crippen molar-refractivity contribution < 1.29 is 18.8 Å². The van der Waals surface area contributed by atoms with Gasteiger partial charge in [-0.1, -0.05) is 13.8 Å². The maximum atomic E-state index is 12.4. The van der Waals surface area contributed by atoms with Crippen LogP contribution in [0.3, 0.4) is 0 Å². The summed E-state index contributed by atoms with van der Waals surface area (Å²) in [5, 5.41) is 5.23. The third-order valence-corrected chi connectivity index (χ3v) is 4.05. The Bertz CT molecular complexity index is 781. The average Bonchev–Trinajstić information content (AvgIpc) is 3.17. The summed E-state index contributed by atoms with van der Waals surface area (Å²) in [5.41, 5.74) is 1.31. The summed E-state index contributed by atoms with van der Waals surface area (Å²) in [6.45, 7) is 3.92. The van der Waals surface area contributed by atoms with Gasteiger partial charge >= 0.3 is 0 Å². The predicted octanol–water partition coefficient (Wildman–Crippen LogP) is 2.01. The van der Waals surface area contributed by atoms with Gasteiger partial charge in [0.25, 0.3) is 0 Å². The van der Waals surface area contributed by atoms with Crippen molar-refractivity contribution in [3.8, 4) is 11.3 Å². The van der Waals surface area contributed by atoms with Crippen LogP contribution >= 0.6 is 0 Å². The molecule has 7 heteroatoms. The van der Waals surface area contributed by atoms with Gasteiger partial charge < -0.3 is 15.1 Å². The second-order valence-corrected chi connectivity index (χ2v) is 6.46. The average molecular weight is 341 g/mol. The minimum Gasteiger partial charge on any atom is -0.444 e. The summed E-state index contributed by atoms with van der Waals surface area (Å²) in [6.07, 6.45) is 3.45. The number of nitrogens with zero attached hydrogens (tertiary/aromatic N) is 1. The lowest BCUT2D eigenvalue weighted by Crippen LogP contribution is -2.33. The fraction of sp³-hybridized carbons (Fsp3) is 0.333. The van der Waals surface area contributed by atoms with Crippen molar-refractivity contribution in [3.63, 3.8) is 0 Å². The Morgan fingerprint density at radius 1 is 1.28 bits per heavy atom. The van der Waals surface area contributed by atoms with Crippen molar-refractivity contribution in [1.82, 2.24) is 10.3 Å². The number of aromatic nitrogens is 1. The number of carbonyl (C=O) groups is 3. The van der Waals surface area contributed by atoms with Crippen LogP contribution in [-0.2, 0) is 14.4 Å². The number of nitrogens with one attached hydrogen (secondary N) is 2. The van der Waals surface area contributed by atoms with Crippen LogP contribution in [0.2, 0.25) is 0 Å². The van der Waals surface area contributed by atoms with Gasteiger partial charge in [-0.3, -0.25) is 14.4 Å². The van der Waals surface area contributed by atoms with Gasteiger partial charge in [0.2, 0.25) is 11.8 Å². The van der Waals surface area contributed by atoms with Crippen molar-refractivity contribution >= 4 is 23.3 Å². The Morgan fingerprint density at radius 2 is 2.00 bits per heavy atom. The molecule has 25 heavy (non-hydrogen) atoms. The zero-order valence-corrected chi connectivity index (χ0v) is 14.0. The van der Waals surface area contributed by atoms with E-state index in [-0.39, 0.29) is 11.7 Å². The topological polar surface area (TPSA) is 101 Å². The van der Waals surface area contributed by atoms with Crippen LogP contribution in [0, 0.1) is 11.8 Å². The number of benzene rings is 1. The molecule has 3 rings (SSSR count). The summed E-state index contributed by atoms with van der Waals surface area (Å²) < 4.78 is 5.20. The maximum Gasteiger partial charge on any atom is 0.244 e. The molecule has 1 saturated heterocycles. The van der Waals surface area contributed by atoms with Gasteiger partial charge in [0.15, 0.2) is 23.9 Å². The first-order valence-corrected chi connectivity index (χ1v) is 8.09. The van der Waals surface area contributed by atoms with Gasteiger partial charge in [-0.05, 0) is 36.6 Å². The molecule has 1 fully saturated rings. The van der Waals surface area contributed by atoms with Crippen molar-refractivity contribution in [2.75, 3.05) is 5.32 Å². The van der Waals surface area contributed by atoms with Gasteiger partial charge in [0.1, 0.15) is 0 Å². The molecule has 0 bridgehead atoms. The van der Waals surface area contributed by atoms with Crippen LogP contribution < -0.4 is 10.6 Å². The van der Waals surface area contributed by atoms with Gasteiger partial charge in [-0.25, -0.2) is 4.98 Å². The summed E-state index contributed by atoms with van der Waals surface area (Å²) >= 11 is 0. The fourth-order valence-corrected chi connectivity index (χ4v) is 2.84. The largest absolute Gasteiger partial charge is 0.444 e. The molecule has 1 aromatic carbocycles. The van der Waals surface area contributed by atoms with E-state index < -0.39 is 23.8 Å². The Hall–Kier alpha value is -2.96. The fourth-order valence-electron chi connectivity index (χ4n) is 2.84. The molecule has 0 radical (unpaired) electrons. The Morgan fingerprint density at radius 3 is 2.60 bits per heavy atom.